The van der Waals surface area contributed by atoms with Crippen LogP contribution in [0.1, 0.15) is 29.8 Å². The minimum Gasteiger partial charge on any atom is -0.481 e. The predicted octanol–water partition coefficient (Wildman–Crippen LogP) is 1.84. The fraction of sp³-hybridized carbons (Fsp3) is 0.385. The van der Waals surface area contributed by atoms with Gasteiger partial charge in [-0.25, -0.2) is 0 Å². The van der Waals surface area contributed by atoms with Crippen molar-refractivity contribution in [1.82, 2.24) is 5.32 Å². The highest BCUT2D eigenvalue weighted by Gasteiger charge is 2.27. The Kier molecular flexibility index (Phi) is 3.89. The van der Waals surface area contributed by atoms with Crippen LogP contribution in [-0.2, 0) is 4.79 Å². The van der Waals surface area contributed by atoms with Gasteiger partial charge in [0.25, 0.3) is 5.91 Å². The molecule has 0 saturated heterocycles. The first-order chi connectivity index (χ1) is 7.83. The van der Waals surface area contributed by atoms with E-state index in [9.17, 15) is 9.59 Å². The quantitative estimate of drug-likeness (QED) is 0.836. The molecule has 1 aromatic carbocycles. The molecule has 1 aromatic rings. The molecule has 92 valence electrons. The van der Waals surface area contributed by atoms with Gasteiger partial charge in [0.2, 0.25) is 0 Å². The summed E-state index contributed by atoms with van der Waals surface area (Å²) in [5.74, 6) is -1.18. The first kappa shape index (κ1) is 13.2. The summed E-state index contributed by atoms with van der Waals surface area (Å²) in [6.07, 6.45) is 0. The molecule has 4 nitrogen and oxygen atoms in total. The molecule has 2 N–H and O–H groups in total. The molecule has 0 unspecified atom stereocenters. The van der Waals surface area contributed by atoms with Gasteiger partial charge in [0.1, 0.15) is 0 Å². The maximum Gasteiger partial charge on any atom is 0.310 e. The normalized spacial score (nSPS) is 11.0. The molecular weight excluding hydrogens is 218 g/mol. The van der Waals surface area contributed by atoms with Gasteiger partial charge < -0.3 is 10.4 Å². The van der Waals surface area contributed by atoms with Gasteiger partial charge in [0.15, 0.2) is 0 Å². The fourth-order valence-electron chi connectivity index (χ4n) is 1.18. The summed E-state index contributed by atoms with van der Waals surface area (Å²) < 4.78 is 0. The Bertz CT molecular complexity index is 421. The van der Waals surface area contributed by atoms with Crippen molar-refractivity contribution in [3.05, 3.63) is 35.4 Å². The number of rotatable bonds is 4. The van der Waals surface area contributed by atoms with Gasteiger partial charge in [-0.3, -0.25) is 9.59 Å². The number of amides is 1. The highest BCUT2D eigenvalue weighted by molar-refractivity contribution is 5.94. The lowest BCUT2D eigenvalue weighted by Gasteiger charge is -2.19. The number of hydrogen-bond donors (Lipinski definition) is 2. The lowest BCUT2D eigenvalue weighted by molar-refractivity contribution is -0.146. The standard InChI is InChI=1S/C13H17NO3/c1-9-4-6-10(7-5-9)11(15)14-8-13(2,3)12(16)17/h4-7H,8H2,1-3H3,(H,14,15)(H,16,17). The third-order valence-electron chi connectivity index (χ3n) is 2.58. The Labute approximate surface area is 101 Å². The minimum absolute atomic E-state index is 0.106. The zero-order valence-corrected chi connectivity index (χ0v) is 10.3. The zero-order valence-electron chi connectivity index (χ0n) is 10.3. The molecule has 0 radical (unpaired) electrons. The van der Waals surface area contributed by atoms with Gasteiger partial charge in [-0.15, -0.1) is 0 Å². The van der Waals surface area contributed by atoms with Crippen LogP contribution in [0.4, 0.5) is 0 Å². The molecule has 0 aliphatic rings. The van der Waals surface area contributed by atoms with Crippen LogP contribution in [0.25, 0.3) is 0 Å². The lowest BCUT2D eigenvalue weighted by Crippen LogP contribution is -2.38. The van der Waals surface area contributed by atoms with Crippen LogP contribution in [0.2, 0.25) is 0 Å². The van der Waals surface area contributed by atoms with Crippen LogP contribution in [0.15, 0.2) is 24.3 Å². The molecule has 1 rings (SSSR count). The number of carbonyl (C=O) groups excluding carboxylic acids is 1. The van der Waals surface area contributed by atoms with E-state index in [4.69, 9.17) is 5.11 Å². The number of aryl methyl sites for hydroxylation is 1. The van der Waals surface area contributed by atoms with Crippen molar-refractivity contribution >= 4 is 11.9 Å². The van der Waals surface area contributed by atoms with Crippen molar-refractivity contribution in [3.63, 3.8) is 0 Å². The number of carboxylic acids is 1. The fourth-order valence-corrected chi connectivity index (χ4v) is 1.18. The molecule has 0 atom stereocenters. The van der Waals surface area contributed by atoms with Gasteiger partial charge in [-0.1, -0.05) is 17.7 Å². The van der Waals surface area contributed by atoms with Crippen LogP contribution >= 0.6 is 0 Å². The molecule has 1 amide bonds. The van der Waals surface area contributed by atoms with Crippen molar-refractivity contribution < 1.29 is 14.7 Å². The summed E-state index contributed by atoms with van der Waals surface area (Å²) in [5.41, 5.74) is 0.657. The van der Waals surface area contributed by atoms with Crippen LogP contribution in [0, 0.1) is 12.3 Å². The largest absolute Gasteiger partial charge is 0.481 e. The average molecular weight is 235 g/mol. The van der Waals surface area contributed by atoms with Crippen LogP contribution in [-0.4, -0.2) is 23.5 Å². The van der Waals surface area contributed by atoms with Crippen molar-refractivity contribution in [2.45, 2.75) is 20.8 Å². The first-order valence-corrected chi connectivity index (χ1v) is 5.41. The molecule has 0 spiro atoms. The highest BCUT2D eigenvalue weighted by atomic mass is 16.4. The first-order valence-electron chi connectivity index (χ1n) is 5.41. The van der Waals surface area contributed by atoms with Gasteiger partial charge in [-0.05, 0) is 32.9 Å². The van der Waals surface area contributed by atoms with Crippen LogP contribution in [0.5, 0.6) is 0 Å². The Morgan fingerprint density at radius 1 is 1.24 bits per heavy atom. The summed E-state index contributed by atoms with van der Waals surface area (Å²) in [6.45, 7) is 5.19. The molecule has 0 aliphatic carbocycles. The minimum atomic E-state index is -0.958. The van der Waals surface area contributed by atoms with Gasteiger partial charge >= 0.3 is 5.97 Å². The Balaban J connectivity index is 2.62. The van der Waals surface area contributed by atoms with E-state index in [0.29, 0.717) is 5.56 Å². The summed E-state index contributed by atoms with van der Waals surface area (Å²) >= 11 is 0. The van der Waals surface area contributed by atoms with E-state index in [0.717, 1.165) is 5.56 Å². The molecular formula is C13H17NO3. The van der Waals surface area contributed by atoms with E-state index in [1.54, 1.807) is 26.0 Å². The molecule has 0 bridgehead atoms. The molecule has 0 aromatic heterocycles. The van der Waals surface area contributed by atoms with E-state index < -0.39 is 11.4 Å². The number of hydrogen-bond acceptors (Lipinski definition) is 2. The van der Waals surface area contributed by atoms with E-state index >= 15 is 0 Å². The number of aliphatic carboxylic acids is 1. The second kappa shape index (κ2) is 4.99. The smallest absolute Gasteiger partial charge is 0.310 e. The van der Waals surface area contributed by atoms with Crippen molar-refractivity contribution in [2.75, 3.05) is 6.54 Å². The highest BCUT2D eigenvalue weighted by Crippen LogP contribution is 2.13. The van der Waals surface area contributed by atoms with Crippen molar-refractivity contribution in [1.29, 1.82) is 0 Å². The average Bonchev–Trinajstić information content (AvgIpc) is 2.27. The SMILES string of the molecule is Cc1ccc(C(=O)NCC(C)(C)C(=O)O)cc1. The molecule has 0 heterocycles. The van der Waals surface area contributed by atoms with Gasteiger partial charge in [0, 0.05) is 12.1 Å². The maximum absolute atomic E-state index is 11.7. The summed E-state index contributed by atoms with van der Waals surface area (Å²) in [7, 11) is 0. The predicted molar refractivity (Wildman–Crippen MR) is 64.9 cm³/mol. The maximum atomic E-state index is 11.7. The second-order valence-corrected chi connectivity index (χ2v) is 4.74. The molecule has 0 fully saturated rings. The van der Waals surface area contributed by atoms with E-state index in [-0.39, 0.29) is 12.5 Å². The van der Waals surface area contributed by atoms with Crippen LogP contribution in [0.3, 0.4) is 0 Å². The van der Waals surface area contributed by atoms with Crippen molar-refractivity contribution in [2.24, 2.45) is 5.41 Å². The molecule has 0 aliphatic heterocycles. The number of nitrogens with one attached hydrogen (secondary N) is 1. The molecule has 0 saturated carbocycles. The van der Waals surface area contributed by atoms with Gasteiger partial charge in [0.05, 0.1) is 5.41 Å². The van der Waals surface area contributed by atoms with Crippen molar-refractivity contribution in [3.8, 4) is 0 Å². The molecule has 17 heavy (non-hydrogen) atoms. The molecule has 4 heteroatoms. The number of carboxylic acid groups (broad SMARTS) is 1. The zero-order chi connectivity index (χ0) is 13.1. The Morgan fingerprint density at radius 2 is 1.76 bits per heavy atom. The number of carbonyl (C=O) groups is 2. The number of benzene rings is 1. The van der Waals surface area contributed by atoms with Crippen LogP contribution < -0.4 is 5.32 Å². The van der Waals surface area contributed by atoms with Gasteiger partial charge in [-0.2, -0.15) is 0 Å². The lowest BCUT2D eigenvalue weighted by atomic mass is 9.94. The summed E-state index contributed by atoms with van der Waals surface area (Å²) in [5, 5.41) is 11.5. The third kappa shape index (κ3) is 3.59. The summed E-state index contributed by atoms with van der Waals surface area (Å²) in [6, 6.07) is 7.13. The van der Waals surface area contributed by atoms with E-state index in [1.165, 1.54) is 0 Å². The topological polar surface area (TPSA) is 66.4 Å². The van der Waals surface area contributed by atoms with E-state index in [2.05, 4.69) is 5.32 Å². The third-order valence-corrected chi connectivity index (χ3v) is 2.58. The Hall–Kier alpha value is -1.84. The van der Waals surface area contributed by atoms with E-state index in [1.807, 2.05) is 19.1 Å². The Morgan fingerprint density at radius 3 is 2.24 bits per heavy atom. The monoisotopic (exact) mass is 235 g/mol. The summed E-state index contributed by atoms with van der Waals surface area (Å²) in [4.78, 5) is 22.6. The second-order valence-electron chi connectivity index (χ2n) is 4.74.